The molecular formula is C29H38BrFN8O2. The second-order valence-corrected chi connectivity index (χ2v) is 12.1. The summed E-state index contributed by atoms with van der Waals surface area (Å²) >= 11 is 3.53. The van der Waals surface area contributed by atoms with Crippen molar-refractivity contribution >= 4 is 27.6 Å². The number of aryl methyl sites for hydroxylation is 1. The Hall–Kier alpha value is -2.93. The first-order valence-corrected chi connectivity index (χ1v) is 15.1. The Morgan fingerprint density at radius 1 is 1.12 bits per heavy atom. The van der Waals surface area contributed by atoms with Gasteiger partial charge >= 0.3 is 6.03 Å². The average Bonchev–Trinajstić information content (AvgIpc) is 3.37. The van der Waals surface area contributed by atoms with E-state index in [1.165, 1.54) is 12.0 Å². The number of rotatable bonds is 9. The Balaban J connectivity index is 1.22. The van der Waals surface area contributed by atoms with Gasteiger partial charge in [0.2, 0.25) is 0 Å². The van der Waals surface area contributed by atoms with Crippen LogP contribution in [-0.2, 0) is 13.5 Å². The summed E-state index contributed by atoms with van der Waals surface area (Å²) in [5.41, 5.74) is 2.60. The van der Waals surface area contributed by atoms with E-state index in [9.17, 15) is 14.3 Å². The summed E-state index contributed by atoms with van der Waals surface area (Å²) in [6, 6.07) is 12.1. The summed E-state index contributed by atoms with van der Waals surface area (Å²) < 4.78 is 15.7. The fraction of sp³-hybridized carbons (Fsp3) is 0.517. The number of anilines is 1. The molecule has 220 valence electrons. The highest BCUT2D eigenvalue weighted by atomic mass is 79.9. The minimum Gasteiger partial charge on any atom is -0.395 e. The molecule has 12 heteroatoms. The molecule has 2 aromatic carbocycles. The maximum atomic E-state index is 13.4. The molecule has 1 aromatic heterocycles. The molecule has 2 amide bonds. The number of aliphatic hydroxyl groups excluding tert-OH is 1. The van der Waals surface area contributed by atoms with Gasteiger partial charge in [-0.2, -0.15) is 0 Å². The van der Waals surface area contributed by atoms with Gasteiger partial charge in [-0.05, 0) is 96.9 Å². The molecule has 3 atom stereocenters. The van der Waals surface area contributed by atoms with E-state index < -0.39 is 0 Å². The molecule has 2 aliphatic rings. The van der Waals surface area contributed by atoms with Crippen LogP contribution in [0.2, 0.25) is 0 Å². The van der Waals surface area contributed by atoms with Crippen molar-refractivity contribution in [3.05, 3.63) is 58.3 Å². The maximum absolute atomic E-state index is 13.4. The molecule has 41 heavy (non-hydrogen) atoms. The first-order chi connectivity index (χ1) is 19.9. The van der Waals surface area contributed by atoms with Crippen LogP contribution in [0, 0.1) is 17.7 Å². The van der Waals surface area contributed by atoms with Gasteiger partial charge in [0.1, 0.15) is 5.82 Å². The Labute approximate surface area is 248 Å². The number of aliphatic hydroxyl groups is 1. The van der Waals surface area contributed by atoms with Gasteiger partial charge in [-0.1, -0.05) is 28.1 Å². The lowest BCUT2D eigenvalue weighted by atomic mass is 9.87. The molecule has 3 N–H and O–H groups in total. The van der Waals surface area contributed by atoms with Crippen molar-refractivity contribution in [2.45, 2.75) is 31.7 Å². The summed E-state index contributed by atoms with van der Waals surface area (Å²) in [7, 11) is 1.77. The fourth-order valence-corrected chi connectivity index (χ4v) is 6.66. The summed E-state index contributed by atoms with van der Waals surface area (Å²) in [6.45, 7) is 5.25. The number of hydrogen-bond acceptors (Lipinski definition) is 7. The van der Waals surface area contributed by atoms with Crippen LogP contribution in [0.1, 0.15) is 24.8 Å². The van der Waals surface area contributed by atoms with Gasteiger partial charge in [0.05, 0.1) is 6.61 Å². The third-order valence-corrected chi connectivity index (χ3v) is 8.60. The zero-order valence-corrected chi connectivity index (χ0v) is 24.9. The number of piperidine rings is 2. The van der Waals surface area contributed by atoms with Crippen LogP contribution >= 0.6 is 15.9 Å². The SMILES string of the molecule is Cn1nnnc1-c1cc(Br)cc(NC(=O)N[C@H]2CN(CCO)CC[C@H]2CN2CCCC(Cc3ccc(F)cc3)C2)c1. The van der Waals surface area contributed by atoms with E-state index in [1.54, 1.807) is 23.9 Å². The Kier molecular flexibility index (Phi) is 9.97. The molecular weight excluding hydrogens is 591 g/mol. The molecule has 0 saturated carbocycles. The van der Waals surface area contributed by atoms with Crippen LogP contribution in [0.5, 0.6) is 0 Å². The summed E-state index contributed by atoms with van der Waals surface area (Å²) in [5, 5.41) is 27.4. The first-order valence-electron chi connectivity index (χ1n) is 14.3. The largest absolute Gasteiger partial charge is 0.395 e. The minimum atomic E-state index is -0.265. The van der Waals surface area contributed by atoms with E-state index in [0.717, 1.165) is 55.5 Å². The molecule has 0 aliphatic carbocycles. The van der Waals surface area contributed by atoms with Gasteiger partial charge in [-0.3, -0.25) is 4.90 Å². The first kappa shape index (κ1) is 29.6. The van der Waals surface area contributed by atoms with Crippen molar-refractivity contribution in [2.24, 2.45) is 18.9 Å². The molecule has 3 heterocycles. The van der Waals surface area contributed by atoms with Gasteiger partial charge in [-0.15, -0.1) is 5.10 Å². The summed E-state index contributed by atoms with van der Waals surface area (Å²) in [4.78, 5) is 18.0. The summed E-state index contributed by atoms with van der Waals surface area (Å²) in [6.07, 6.45) is 4.21. The normalized spacial score (nSPS) is 22.0. The number of carbonyl (C=O) groups excluding carboxylic acids is 1. The zero-order valence-electron chi connectivity index (χ0n) is 23.3. The third kappa shape index (κ3) is 8.09. The number of halogens is 2. The maximum Gasteiger partial charge on any atom is 0.319 e. The van der Waals surface area contributed by atoms with E-state index in [4.69, 9.17) is 0 Å². The molecule has 2 saturated heterocycles. The van der Waals surface area contributed by atoms with Gasteiger partial charge in [0.15, 0.2) is 5.82 Å². The van der Waals surface area contributed by atoms with E-state index in [0.29, 0.717) is 36.4 Å². The lowest BCUT2D eigenvalue weighted by Gasteiger charge is -2.42. The van der Waals surface area contributed by atoms with Crippen LogP contribution in [0.15, 0.2) is 46.9 Å². The number of carbonyl (C=O) groups is 1. The van der Waals surface area contributed by atoms with Crippen molar-refractivity contribution in [3.63, 3.8) is 0 Å². The predicted molar refractivity (Wildman–Crippen MR) is 159 cm³/mol. The van der Waals surface area contributed by atoms with E-state index in [1.807, 2.05) is 30.3 Å². The quantitative estimate of drug-likeness (QED) is 0.332. The van der Waals surface area contributed by atoms with Gasteiger partial charge in [0.25, 0.3) is 0 Å². The number of urea groups is 1. The zero-order chi connectivity index (χ0) is 28.8. The number of β-amino-alcohol motifs (C(OH)–C–C–N with tert-alkyl or cyclic N) is 1. The molecule has 10 nitrogen and oxygen atoms in total. The second kappa shape index (κ2) is 13.8. The monoisotopic (exact) mass is 628 g/mol. The van der Waals surface area contributed by atoms with E-state index >= 15 is 0 Å². The van der Waals surface area contributed by atoms with Crippen molar-refractivity contribution in [1.82, 2.24) is 35.3 Å². The predicted octanol–water partition coefficient (Wildman–Crippen LogP) is 3.54. The molecule has 0 radical (unpaired) electrons. The fourth-order valence-electron chi connectivity index (χ4n) is 6.16. The molecule has 3 aromatic rings. The van der Waals surface area contributed by atoms with Gasteiger partial charge in [-0.25, -0.2) is 13.9 Å². The number of benzene rings is 2. The average molecular weight is 630 g/mol. The van der Waals surface area contributed by atoms with Crippen LogP contribution in [0.3, 0.4) is 0 Å². The third-order valence-electron chi connectivity index (χ3n) is 8.14. The number of amides is 2. The van der Waals surface area contributed by atoms with Crippen molar-refractivity contribution < 1.29 is 14.3 Å². The Bertz CT molecular complexity index is 1310. The number of nitrogens with zero attached hydrogens (tertiary/aromatic N) is 6. The Morgan fingerprint density at radius 3 is 2.71 bits per heavy atom. The topological polar surface area (TPSA) is 111 Å². The van der Waals surface area contributed by atoms with Gasteiger partial charge in [0, 0.05) is 55.0 Å². The highest BCUT2D eigenvalue weighted by Gasteiger charge is 2.33. The Morgan fingerprint density at radius 2 is 1.95 bits per heavy atom. The second-order valence-electron chi connectivity index (χ2n) is 11.2. The standard InChI is InChI=1S/C29H38BrFN8O2/c1-37-28(34-35-36-37)23-14-24(30)16-26(15-23)32-29(41)33-27-19-38(11-12-40)10-8-22(27)18-39-9-2-3-21(17-39)13-20-4-6-25(31)7-5-20/h4-7,14-16,21-22,27,40H,2-3,8-13,17-19H2,1H3,(H2,32,33,41)/t21?,22-,27-/m0/s1. The van der Waals surface area contributed by atoms with Crippen LogP contribution in [0.4, 0.5) is 14.9 Å². The van der Waals surface area contributed by atoms with Crippen molar-refractivity contribution in [2.75, 3.05) is 51.2 Å². The van der Waals surface area contributed by atoms with Crippen LogP contribution in [-0.4, -0.2) is 93.1 Å². The molecule has 1 unspecified atom stereocenters. The van der Waals surface area contributed by atoms with E-state index in [-0.39, 0.29) is 24.5 Å². The molecule has 0 spiro atoms. The smallest absolute Gasteiger partial charge is 0.319 e. The lowest BCUT2D eigenvalue weighted by Crippen LogP contribution is -2.56. The van der Waals surface area contributed by atoms with Crippen molar-refractivity contribution in [3.8, 4) is 11.4 Å². The van der Waals surface area contributed by atoms with E-state index in [2.05, 4.69) is 51.9 Å². The number of nitrogens with one attached hydrogen (secondary N) is 2. The number of hydrogen-bond donors (Lipinski definition) is 3. The van der Waals surface area contributed by atoms with Crippen LogP contribution < -0.4 is 10.6 Å². The lowest BCUT2D eigenvalue weighted by molar-refractivity contribution is 0.0814. The van der Waals surface area contributed by atoms with Crippen molar-refractivity contribution in [1.29, 1.82) is 0 Å². The number of likely N-dealkylation sites (tertiary alicyclic amines) is 2. The molecule has 2 fully saturated rings. The number of aromatic nitrogens is 4. The highest BCUT2D eigenvalue weighted by Crippen LogP contribution is 2.27. The highest BCUT2D eigenvalue weighted by molar-refractivity contribution is 9.10. The minimum absolute atomic E-state index is 0.0534. The molecule has 0 bridgehead atoms. The van der Waals surface area contributed by atoms with Crippen LogP contribution in [0.25, 0.3) is 11.4 Å². The molecule has 2 aliphatic heterocycles. The summed E-state index contributed by atoms with van der Waals surface area (Å²) in [5.74, 6) is 1.23. The molecule has 5 rings (SSSR count). The number of tetrazole rings is 1. The van der Waals surface area contributed by atoms with Gasteiger partial charge < -0.3 is 20.6 Å².